The molecule has 86 valence electrons. The molecule has 0 spiro atoms. The van der Waals surface area contributed by atoms with E-state index >= 15 is 0 Å². The summed E-state index contributed by atoms with van der Waals surface area (Å²) in [5.74, 6) is 0. The fourth-order valence-electron chi connectivity index (χ4n) is 2.66. The topological polar surface area (TPSA) is 46.2 Å². The normalized spacial score (nSPS) is 26.2. The lowest BCUT2D eigenvalue weighted by Gasteiger charge is -2.20. The van der Waals surface area contributed by atoms with Crippen LogP contribution in [0.3, 0.4) is 0 Å². The molecule has 0 heterocycles. The highest BCUT2D eigenvalue weighted by Crippen LogP contribution is 2.51. The molecule has 0 bridgehead atoms. The zero-order chi connectivity index (χ0) is 11.4. The van der Waals surface area contributed by atoms with Crippen LogP contribution in [-0.2, 0) is 11.0 Å². The molecule has 2 fully saturated rings. The molecule has 0 aliphatic heterocycles. The third kappa shape index (κ3) is 1.40. The minimum absolute atomic E-state index is 0.224. The molecule has 3 rings (SSSR count). The average molecular weight is 217 g/mol. The third-order valence-corrected chi connectivity index (χ3v) is 4.38. The predicted molar refractivity (Wildman–Crippen MR) is 64.1 cm³/mol. The summed E-state index contributed by atoms with van der Waals surface area (Å²) in [5.41, 5.74) is 8.18. The first-order valence-electron chi connectivity index (χ1n) is 6.16. The molecule has 2 saturated carbocycles. The van der Waals surface area contributed by atoms with Gasteiger partial charge in [0.15, 0.2) is 0 Å². The number of hydrogen-bond donors (Lipinski definition) is 2. The summed E-state index contributed by atoms with van der Waals surface area (Å²) in [6.45, 7) is 2.09. The van der Waals surface area contributed by atoms with E-state index in [0.717, 1.165) is 18.4 Å². The van der Waals surface area contributed by atoms with E-state index in [-0.39, 0.29) is 11.5 Å². The van der Waals surface area contributed by atoms with E-state index in [1.165, 1.54) is 18.4 Å². The fraction of sp³-hybridized carbons (Fsp3) is 0.571. The van der Waals surface area contributed by atoms with Gasteiger partial charge < -0.3 is 10.8 Å². The zero-order valence-corrected chi connectivity index (χ0v) is 9.74. The van der Waals surface area contributed by atoms with E-state index in [4.69, 9.17) is 5.73 Å². The Kier molecular flexibility index (Phi) is 1.99. The average Bonchev–Trinajstić information content (AvgIpc) is 3.13. The van der Waals surface area contributed by atoms with Crippen molar-refractivity contribution < 1.29 is 5.11 Å². The minimum Gasteiger partial charge on any atom is -0.385 e. The molecule has 1 aromatic carbocycles. The second-order valence-electron chi connectivity index (χ2n) is 5.55. The van der Waals surface area contributed by atoms with Crippen LogP contribution in [0.4, 0.5) is 0 Å². The fourth-order valence-corrected chi connectivity index (χ4v) is 2.66. The van der Waals surface area contributed by atoms with Crippen molar-refractivity contribution in [3.63, 3.8) is 0 Å². The first-order chi connectivity index (χ1) is 7.57. The van der Waals surface area contributed by atoms with Crippen molar-refractivity contribution in [2.75, 3.05) is 0 Å². The van der Waals surface area contributed by atoms with Gasteiger partial charge in [-0.15, -0.1) is 0 Å². The van der Waals surface area contributed by atoms with Crippen LogP contribution in [0.1, 0.15) is 43.7 Å². The number of rotatable bonds is 3. The SMILES string of the molecule is CC(N)C1(c2ccc(C3(O)CC3)cc2)CC1. The van der Waals surface area contributed by atoms with Crippen LogP contribution in [0.15, 0.2) is 24.3 Å². The van der Waals surface area contributed by atoms with E-state index in [2.05, 4.69) is 31.2 Å². The molecule has 2 aliphatic rings. The van der Waals surface area contributed by atoms with Crippen LogP contribution >= 0.6 is 0 Å². The first-order valence-corrected chi connectivity index (χ1v) is 6.16. The van der Waals surface area contributed by atoms with Gasteiger partial charge in [0.05, 0.1) is 5.60 Å². The lowest BCUT2D eigenvalue weighted by molar-refractivity contribution is 0.151. The molecule has 1 atom stereocenters. The third-order valence-electron chi connectivity index (χ3n) is 4.38. The lowest BCUT2D eigenvalue weighted by atomic mass is 9.88. The Bertz CT molecular complexity index is 399. The van der Waals surface area contributed by atoms with Crippen LogP contribution in [0, 0.1) is 0 Å². The Morgan fingerprint density at radius 2 is 1.56 bits per heavy atom. The molecule has 2 heteroatoms. The molecular formula is C14H19NO. The van der Waals surface area contributed by atoms with Crippen molar-refractivity contribution in [1.29, 1.82) is 0 Å². The summed E-state index contributed by atoms with van der Waals surface area (Å²) in [6, 6.07) is 8.68. The van der Waals surface area contributed by atoms with E-state index in [1.807, 2.05) is 0 Å². The highest BCUT2D eigenvalue weighted by molar-refractivity contribution is 5.38. The van der Waals surface area contributed by atoms with Crippen LogP contribution < -0.4 is 5.73 Å². The van der Waals surface area contributed by atoms with Crippen molar-refractivity contribution in [2.45, 2.75) is 49.7 Å². The lowest BCUT2D eigenvalue weighted by Crippen LogP contribution is -2.31. The largest absolute Gasteiger partial charge is 0.385 e. The molecular weight excluding hydrogens is 198 g/mol. The maximum Gasteiger partial charge on any atom is 0.0899 e. The Morgan fingerprint density at radius 1 is 1.06 bits per heavy atom. The second-order valence-corrected chi connectivity index (χ2v) is 5.55. The summed E-state index contributed by atoms with van der Waals surface area (Å²) < 4.78 is 0. The maximum absolute atomic E-state index is 9.99. The van der Waals surface area contributed by atoms with Gasteiger partial charge in [0.25, 0.3) is 0 Å². The minimum atomic E-state index is -0.510. The Labute approximate surface area is 96.5 Å². The Morgan fingerprint density at radius 3 is 1.94 bits per heavy atom. The van der Waals surface area contributed by atoms with Gasteiger partial charge >= 0.3 is 0 Å². The predicted octanol–water partition coefficient (Wildman–Crippen LogP) is 2.05. The van der Waals surface area contributed by atoms with Gasteiger partial charge in [0.2, 0.25) is 0 Å². The molecule has 16 heavy (non-hydrogen) atoms. The molecule has 2 aliphatic carbocycles. The number of benzene rings is 1. The Hall–Kier alpha value is -0.860. The first kappa shape index (κ1) is 10.3. The van der Waals surface area contributed by atoms with Crippen LogP contribution in [0.25, 0.3) is 0 Å². The summed E-state index contributed by atoms with van der Waals surface area (Å²) >= 11 is 0. The quantitative estimate of drug-likeness (QED) is 0.814. The summed E-state index contributed by atoms with van der Waals surface area (Å²) in [5, 5.41) is 9.99. The molecule has 3 N–H and O–H groups in total. The Balaban J connectivity index is 1.88. The highest BCUT2D eigenvalue weighted by Gasteiger charge is 2.48. The van der Waals surface area contributed by atoms with Gasteiger partial charge in [-0.05, 0) is 43.7 Å². The second kappa shape index (κ2) is 3.08. The number of hydrogen-bond acceptors (Lipinski definition) is 2. The summed E-state index contributed by atoms with van der Waals surface area (Å²) in [4.78, 5) is 0. The standard InChI is InChI=1S/C14H19NO/c1-10(15)13(6-7-13)11-2-4-12(5-3-11)14(16)8-9-14/h2-5,10,16H,6-9,15H2,1H3. The molecule has 0 radical (unpaired) electrons. The van der Waals surface area contributed by atoms with Gasteiger partial charge in [-0.25, -0.2) is 0 Å². The van der Waals surface area contributed by atoms with Gasteiger partial charge in [-0.3, -0.25) is 0 Å². The van der Waals surface area contributed by atoms with Crippen LogP contribution in [0.2, 0.25) is 0 Å². The zero-order valence-electron chi connectivity index (χ0n) is 9.74. The molecule has 1 unspecified atom stereocenters. The van der Waals surface area contributed by atoms with Crippen molar-refractivity contribution in [3.05, 3.63) is 35.4 Å². The summed E-state index contributed by atoms with van der Waals surface area (Å²) in [7, 11) is 0. The maximum atomic E-state index is 9.99. The number of nitrogens with two attached hydrogens (primary N) is 1. The number of aliphatic hydroxyl groups is 1. The van der Waals surface area contributed by atoms with E-state index < -0.39 is 5.60 Å². The smallest absolute Gasteiger partial charge is 0.0899 e. The monoisotopic (exact) mass is 217 g/mol. The van der Waals surface area contributed by atoms with E-state index in [1.54, 1.807) is 0 Å². The van der Waals surface area contributed by atoms with Crippen molar-refractivity contribution in [2.24, 2.45) is 5.73 Å². The van der Waals surface area contributed by atoms with Crippen LogP contribution in [-0.4, -0.2) is 11.1 Å². The summed E-state index contributed by atoms with van der Waals surface area (Å²) in [6.07, 6.45) is 4.22. The molecule has 0 saturated heterocycles. The molecule has 2 nitrogen and oxygen atoms in total. The molecule has 1 aromatic rings. The van der Waals surface area contributed by atoms with Crippen molar-refractivity contribution in [1.82, 2.24) is 0 Å². The van der Waals surface area contributed by atoms with E-state index in [9.17, 15) is 5.11 Å². The molecule has 0 amide bonds. The van der Waals surface area contributed by atoms with Crippen molar-refractivity contribution in [3.8, 4) is 0 Å². The van der Waals surface area contributed by atoms with Gasteiger partial charge in [-0.2, -0.15) is 0 Å². The van der Waals surface area contributed by atoms with Gasteiger partial charge in [0, 0.05) is 11.5 Å². The molecule has 0 aromatic heterocycles. The van der Waals surface area contributed by atoms with Gasteiger partial charge in [-0.1, -0.05) is 24.3 Å². The van der Waals surface area contributed by atoms with Crippen molar-refractivity contribution >= 4 is 0 Å². The highest BCUT2D eigenvalue weighted by atomic mass is 16.3. The van der Waals surface area contributed by atoms with Gasteiger partial charge in [0.1, 0.15) is 0 Å². The van der Waals surface area contributed by atoms with Crippen LogP contribution in [0.5, 0.6) is 0 Å². The van der Waals surface area contributed by atoms with E-state index in [0.29, 0.717) is 0 Å².